The van der Waals surface area contributed by atoms with Crippen molar-refractivity contribution in [2.24, 2.45) is 0 Å². The lowest BCUT2D eigenvalue weighted by Crippen LogP contribution is -2.30. The van der Waals surface area contributed by atoms with Crippen LogP contribution in [0.4, 0.5) is 15.8 Å². The number of fused-ring (bicyclic) bond motifs is 1. The Morgan fingerprint density at radius 2 is 1.91 bits per heavy atom. The van der Waals surface area contributed by atoms with Crippen molar-refractivity contribution >= 4 is 38.3 Å². The molecule has 4 rings (SSSR count). The first-order valence-corrected chi connectivity index (χ1v) is 12.2. The molecule has 0 saturated carbocycles. The normalized spacial score (nSPS) is 15.4. The van der Waals surface area contributed by atoms with E-state index in [-0.39, 0.29) is 23.4 Å². The Balaban J connectivity index is 1.74. The van der Waals surface area contributed by atoms with Crippen LogP contribution in [0.25, 0.3) is 10.8 Å². The standard InChI is InChI=1S/C24H26FN3O5S/c1-24(2,30)10-11-26-18-8-9-19-17(12-18)13-20(33-15-16-6-4-3-5-7-16)23(22(19)25)28-14-21(29)27-34(28,31)32/h3-9,12-13,26,30H,10-11,14-15H2,1-2H3,(H,27,29). The number of carbonyl (C=O) groups excluding carboxylic acids is 1. The van der Waals surface area contributed by atoms with Crippen LogP contribution in [0.15, 0.2) is 54.6 Å². The van der Waals surface area contributed by atoms with E-state index >= 15 is 4.39 Å². The summed E-state index contributed by atoms with van der Waals surface area (Å²) in [5, 5.41) is 13.8. The first-order chi connectivity index (χ1) is 16.0. The first kappa shape index (κ1) is 23.8. The van der Waals surface area contributed by atoms with Crippen LogP contribution in [-0.2, 0) is 21.6 Å². The van der Waals surface area contributed by atoms with Crippen LogP contribution in [0, 0.1) is 5.82 Å². The minimum Gasteiger partial charge on any atom is -0.487 e. The predicted octanol–water partition coefficient (Wildman–Crippen LogP) is 3.31. The van der Waals surface area contributed by atoms with Crippen LogP contribution in [0.1, 0.15) is 25.8 Å². The summed E-state index contributed by atoms with van der Waals surface area (Å²) in [5.41, 5.74) is 0.387. The average Bonchev–Trinajstić information content (AvgIpc) is 3.03. The van der Waals surface area contributed by atoms with Gasteiger partial charge in [-0.25, -0.2) is 13.4 Å². The lowest BCUT2D eigenvalue weighted by atomic mass is 10.0. The predicted molar refractivity (Wildman–Crippen MR) is 128 cm³/mol. The van der Waals surface area contributed by atoms with Crippen molar-refractivity contribution in [2.45, 2.75) is 32.5 Å². The van der Waals surface area contributed by atoms with Gasteiger partial charge in [-0.1, -0.05) is 30.3 Å². The Bertz CT molecular complexity index is 1320. The van der Waals surface area contributed by atoms with Gasteiger partial charge in [-0.2, -0.15) is 8.42 Å². The number of anilines is 2. The van der Waals surface area contributed by atoms with Gasteiger partial charge >= 0.3 is 10.2 Å². The van der Waals surface area contributed by atoms with E-state index in [0.717, 1.165) is 5.56 Å². The van der Waals surface area contributed by atoms with E-state index in [0.29, 0.717) is 28.3 Å². The maximum Gasteiger partial charge on any atom is 0.326 e. The molecule has 0 spiro atoms. The molecule has 10 heteroatoms. The molecule has 3 aromatic carbocycles. The largest absolute Gasteiger partial charge is 0.487 e. The van der Waals surface area contributed by atoms with Crippen LogP contribution in [-0.4, -0.2) is 38.1 Å². The molecule has 0 radical (unpaired) electrons. The van der Waals surface area contributed by atoms with Crippen LogP contribution in [0.2, 0.25) is 0 Å². The summed E-state index contributed by atoms with van der Waals surface area (Å²) in [4.78, 5) is 11.8. The molecule has 1 fully saturated rings. The number of hydrogen-bond acceptors (Lipinski definition) is 6. The van der Waals surface area contributed by atoms with Crippen LogP contribution >= 0.6 is 0 Å². The van der Waals surface area contributed by atoms with Crippen molar-refractivity contribution < 1.29 is 27.4 Å². The number of carbonyl (C=O) groups is 1. The van der Waals surface area contributed by atoms with Crippen molar-refractivity contribution in [3.8, 4) is 5.75 Å². The van der Waals surface area contributed by atoms with Crippen molar-refractivity contribution in [1.29, 1.82) is 0 Å². The van der Waals surface area contributed by atoms with Gasteiger partial charge in [-0.05, 0) is 55.5 Å². The molecule has 0 unspecified atom stereocenters. The van der Waals surface area contributed by atoms with E-state index in [1.807, 2.05) is 35.1 Å². The summed E-state index contributed by atoms with van der Waals surface area (Å²) in [6.45, 7) is 3.48. The zero-order valence-electron chi connectivity index (χ0n) is 18.8. The fraction of sp³-hybridized carbons (Fsp3) is 0.292. The van der Waals surface area contributed by atoms with E-state index in [1.54, 1.807) is 38.1 Å². The van der Waals surface area contributed by atoms with Gasteiger partial charge in [-0.3, -0.25) is 4.79 Å². The number of amides is 1. The Hall–Kier alpha value is -3.37. The van der Waals surface area contributed by atoms with Gasteiger partial charge in [0.05, 0.1) is 5.60 Å². The van der Waals surface area contributed by atoms with Gasteiger partial charge in [0, 0.05) is 17.6 Å². The molecule has 3 aromatic rings. The average molecular weight is 488 g/mol. The Kier molecular flexibility index (Phi) is 6.37. The highest BCUT2D eigenvalue weighted by Crippen LogP contribution is 2.40. The Labute approximate surface area is 197 Å². The maximum atomic E-state index is 15.7. The molecule has 1 saturated heterocycles. The molecule has 0 bridgehead atoms. The highest BCUT2D eigenvalue weighted by atomic mass is 32.2. The molecule has 34 heavy (non-hydrogen) atoms. The highest BCUT2D eigenvalue weighted by Gasteiger charge is 2.38. The number of halogens is 1. The minimum absolute atomic E-state index is 0.00238. The van der Waals surface area contributed by atoms with Gasteiger partial charge in [-0.15, -0.1) is 0 Å². The fourth-order valence-corrected chi connectivity index (χ4v) is 4.83. The van der Waals surface area contributed by atoms with Gasteiger partial charge in [0.1, 0.15) is 24.6 Å². The summed E-state index contributed by atoms with van der Waals surface area (Å²) in [7, 11) is -4.24. The van der Waals surface area contributed by atoms with Crippen molar-refractivity contribution in [1.82, 2.24) is 4.72 Å². The van der Waals surface area contributed by atoms with Crippen molar-refractivity contribution in [3.63, 3.8) is 0 Å². The monoisotopic (exact) mass is 487 g/mol. The summed E-state index contributed by atoms with van der Waals surface area (Å²) in [6.07, 6.45) is 0.512. The van der Waals surface area contributed by atoms with Crippen molar-refractivity contribution in [3.05, 3.63) is 66.0 Å². The molecule has 0 atom stereocenters. The third-order valence-corrected chi connectivity index (χ3v) is 6.77. The van der Waals surface area contributed by atoms with E-state index < -0.39 is 34.1 Å². The topological polar surface area (TPSA) is 108 Å². The van der Waals surface area contributed by atoms with Crippen LogP contribution < -0.4 is 19.1 Å². The van der Waals surface area contributed by atoms with E-state index in [4.69, 9.17) is 4.74 Å². The van der Waals surface area contributed by atoms with Crippen molar-refractivity contribution in [2.75, 3.05) is 22.7 Å². The molecule has 1 aliphatic heterocycles. The Morgan fingerprint density at radius 3 is 2.56 bits per heavy atom. The maximum absolute atomic E-state index is 15.7. The number of aliphatic hydroxyl groups is 1. The molecule has 3 N–H and O–H groups in total. The summed E-state index contributed by atoms with van der Waals surface area (Å²) >= 11 is 0. The summed E-state index contributed by atoms with van der Waals surface area (Å²) < 4.78 is 49.1. The van der Waals surface area contributed by atoms with Gasteiger partial charge in [0.2, 0.25) is 0 Å². The zero-order chi connectivity index (χ0) is 24.5. The lowest BCUT2D eigenvalue weighted by Gasteiger charge is -2.21. The SMILES string of the molecule is CC(C)(O)CCNc1ccc2c(F)c(N3CC(=O)NS3(=O)=O)c(OCc3ccccc3)cc2c1. The molecule has 1 heterocycles. The number of benzene rings is 3. The lowest BCUT2D eigenvalue weighted by molar-refractivity contribution is -0.117. The van der Waals surface area contributed by atoms with E-state index in [1.165, 1.54) is 0 Å². The minimum atomic E-state index is -4.24. The number of nitrogens with zero attached hydrogens (tertiary/aromatic N) is 1. The molecule has 1 aliphatic rings. The highest BCUT2D eigenvalue weighted by molar-refractivity contribution is 7.92. The second kappa shape index (κ2) is 9.11. The summed E-state index contributed by atoms with van der Waals surface area (Å²) in [6, 6.07) is 15.7. The van der Waals surface area contributed by atoms with E-state index in [2.05, 4.69) is 5.32 Å². The molecular weight excluding hydrogens is 461 g/mol. The quantitative estimate of drug-likeness (QED) is 0.450. The first-order valence-electron chi connectivity index (χ1n) is 10.8. The second-order valence-electron chi connectivity index (χ2n) is 8.77. The molecule has 0 aliphatic carbocycles. The van der Waals surface area contributed by atoms with Gasteiger partial charge < -0.3 is 15.2 Å². The molecule has 0 aromatic heterocycles. The third kappa shape index (κ3) is 5.23. The molecule has 1 amide bonds. The fourth-order valence-electron chi connectivity index (χ4n) is 3.67. The number of ether oxygens (including phenoxy) is 1. The van der Waals surface area contributed by atoms with Crippen LogP contribution in [0.3, 0.4) is 0 Å². The smallest absolute Gasteiger partial charge is 0.326 e. The number of nitrogens with one attached hydrogen (secondary N) is 2. The Morgan fingerprint density at radius 1 is 1.18 bits per heavy atom. The van der Waals surface area contributed by atoms with Gasteiger partial charge in [0.15, 0.2) is 5.82 Å². The summed E-state index contributed by atoms with van der Waals surface area (Å²) in [5.74, 6) is -1.55. The van der Waals surface area contributed by atoms with E-state index in [9.17, 15) is 18.3 Å². The molecule has 180 valence electrons. The van der Waals surface area contributed by atoms with Crippen LogP contribution in [0.5, 0.6) is 5.75 Å². The molecular formula is C24H26FN3O5S. The molecule has 8 nitrogen and oxygen atoms in total. The second-order valence-corrected chi connectivity index (χ2v) is 10.4. The third-order valence-electron chi connectivity index (χ3n) is 5.39. The van der Waals surface area contributed by atoms with Gasteiger partial charge in [0.25, 0.3) is 5.91 Å². The zero-order valence-corrected chi connectivity index (χ0v) is 19.7. The number of rotatable bonds is 8. The number of hydrogen-bond donors (Lipinski definition) is 3.